The van der Waals surface area contributed by atoms with E-state index in [1.165, 1.54) is 19.4 Å². The van der Waals surface area contributed by atoms with Crippen LogP contribution in [0.3, 0.4) is 0 Å². The van der Waals surface area contributed by atoms with Crippen LogP contribution >= 0.6 is 11.3 Å². The maximum Gasteiger partial charge on any atom is 0.306 e. The first-order valence-corrected chi connectivity index (χ1v) is 6.38. The van der Waals surface area contributed by atoms with Crippen LogP contribution in [0.2, 0.25) is 0 Å². The zero-order chi connectivity index (χ0) is 13.3. The van der Waals surface area contributed by atoms with Gasteiger partial charge in [-0.2, -0.15) is 11.3 Å². The fourth-order valence-electron chi connectivity index (χ4n) is 0.914. The van der Waals surface area contributed by atoms with Crippen LogP contribution in [0, 0.1) is 0 Å². The molecule has 0 saturated carbocycles. The average molecular weight is 260 g/mol. The second-order valence-electron chi connectivity index (χ2n) is 3.93. The normalized spacial score (nSPS) is 10.4. The minimum Gasteiger partial charge on any atom is -0.466 e. The van der Waals surface area contributed by atoms with E-state index in [2.05, 4.69) is 5.38 Å². The maximum atomic E-state index is 10.9. The van der Waals surface area contributed by atoms with Crippen molar-refractivity contribution in [1.82, 2.24) is 0 Å². The third kappa shape index (κ3) is 13.0. The Morgan fingerprint density at radius 2 is 2.06 bits per heavy atom. The summed E-state index contributed by atoms with van der Waals surface area (Å²) in [6.45, 7) is 4.89. The Bertz CT molecular complexity index is 295. The van der Waals surface area contributed by atoms with Gasteiger partial charge >= 0.3 is 5.97 Å². The van der Waals surface area contributed by atoms with Gasteiger partial charge in [0.05, 0.1) is 6.61 Å². The van der Waals surface area contributed by atoms with Crippen LogP contribution in [0.1, 0.15) is 32.8 Å². The lowest BCUT2D eigenvalue weighted by Gasteiger charge is -2.03. The van der Waals surface area contributed by atoms with E-state index in [0.717, 1.165) is 6.42 Å². The van der Waals surface area contributed by atoms with Gasteiger partial charge in [-0.25, -0.2) is 0 Å². The molecule has 0 bridgehead atoms. The van der Waals surface area contributed by atoms with E-state index in [9.17, 15) is 4.79 Å². The molecular formula is C12H20O4S. The number of aliphatic hydroxyl groups is 2. The third-order valence-electron chi connectivity index (χ3n) is 1.50. The number of ether oxygens (including phenoxy) is 1. The summed E-state index contributed by atoms with van der Waals surface area (Å²) in [5, 5.41) is 20.2. The van der Waals surface area contributed by atoms with Crippen LogP contribution in [-0.4, -0.2) is 28.6 Å². The monoisotopic (exact) mass is 260 g/mol. The molecule has 17 heavy (non-hydrogen) atoms. The molecule has 1 heterocycles. The van der Waals surface area contributed by atoms with Crippen molar-refractivity contribution in [2.24, 2.45) is 0 Å². The summed E-state index contributed by atoms with van der Waals surface area (Å²) in [6, 6.07) is 2.03. The Kier molecular flexibility index (Phi) is 7.78. The number of thiophene rings is 1. The van der Waals surface area contributed by atoms with Crippen LogP contribution in [0.4, 0.5) is 0 Å². The first-order valence-electron chi connectivity index (χ1n) is 5.44. The molecule has 0 fully saturated rings. The SMILES string of the molecule is CC(C)(O)O.CCOC(=O)CCc1ccsc1. The Labute approximate surface area is 106 Å². The largest absolute Gasteiger partial charge is 0.466 e. The standard InChI is InChI=1S/C9H12O2S.C3H8O2/c1-2-11-9(10)4-3-8-5-6-12-7-8;1-3(2,4)5/h5-7H,2-4H2,1H3;4-5H,1-2H3. The Balaban J connectivity index is 0.000000437. The van der Waals surface area contributed by atoms with Crippen LogP contribution < -0.4 is 0 Å². The highest BCUT2D eigenvalue weighted by molar-refractivity contribution is 7.07. The molecule has 98 valence electrons. The highest BCUT2D eigenvalue weighted by atomic mass is 32.1. The van der Waals surface area contributed by atoms with E-state index in [0.29, 0.717) is 13.0 Å². The quantitative estimate of drug-likeness (QED) is 0.641. The highest BCUT2D eigenvalue weighted by Crippen LogP contribution is 2.08. The first kappa shape index (κ1) is 16.1. The summed E-state index contributed by atoms with van der Waals surface area (Å²) < 4.78 is 4.80. The number of esters is 1. The van der Waals surface area contributed by atoms with E-state index in [4.69, 9.17) is 14.9 Å². The van der Waals surface area contributed by atoms with Gasteiger partial charge in [0.1, 0.15) is 0 Å². The van der Waals surface area contributed by atoms with Crippen LogP contribution in [0.15, 0.2) is 16.8 Å². The van der Waals surface area contributed by atoms with Crippen molar-refractivity contribution in [3.8, 4) is 0 Å². The average Bonchev–Trinajstić information content (AvgIpc) is 2.65. The van der Waals surface area contributed by atoms with Crippen LogP contribution in [0.5, 0.6) is 0 Å². The second kappa shape index (κ2) is 8.22. The third-order valence-corrected chi connectivity index (χ3v) is 2.24. The zero-order valence-corrected chi connectivity index (χ0v) is 11.3. The number of rotatable bonds is 4. The van der Waals surface area contributed by atoms with Crippen molar-refractivity contribution in [2.75, 3.05) is 6.61 Å². The first-order chi connectivity index (χ1) is 7.83. The highest BCUT2D eigenvalue weighted by Gasteiger charge is 2.01. The molecule has 0 spiro atoms. The molecule has 0 unspecified atom stereocenters. The van der Waals surface area contributed by atoms with Gasteiger partial charge in [0.2, 0.25) is 0 Å². The molecule has 0 atom stereocenters. The second-order valence-corrected chi connectivity index (χ2v) is 4.71. The Hall–Kier alpha value is -0.910. The molecule has 5 heteroatoms. The van der Waals surface area contributed by atoms with E-state index in [1.54, 1.807) is 11.3 Å². The molecule has 0 amide bonds. The molecular weight excluding hydrogens is 240 g/mol. The molecule has 0 saturated heterocycles. The lowest BCUT2D eigenvalue weighted by molar-refractivity contribution is -0.143. The summed E-state index contributed by atoms with van der Waals surface area (Å²) in [5.41, 5.74) is 1.22. The van der Waals surface area contributed by atoms with Crippen molar-refractivity contribution < 1.29 is 19.7 Å². The molecule has 0 aliphatic carbocycles. The fourth-order valence-corrected chi connectivity index (χ4v) is 1.62. The van der Waals surface area contributed by atoms with E-state index in [-0.39, 0.29) is 5.97 Å². The summed E-state index contributed by atoms with van der Waals surface area (Å²) in [5.74, 6) is -1.61. The number of carbonyl (C=O) groups is 1. The van der Waals surface area contributed by atoms with Gasteiger partial charge < -0.3 is 14.9 Å². The van der Waals surface area contributed by atoms with Gasteiger partial charge in [-0.15, -0.1) is 0 Å². The number of aryl methyl sites for hydroxylation is 1. The maximum absolute atomic E-state index is 10.9. The summed E-state index contributed by atoms with van der Waals surface area (Å²) in [6.07, 6.45) is 1.28. The van der Waals surface area contributed by atoms with Crippen molar-refractivity contribution in [3.05, 3.63) is 22.4 Å². The lowest BCUT2D eigenvalue weighted by Crippen LogP contribution is -2.15. The Morgan fingerprint density at radius 3 is 2.47 bits per heavy atom. The molecule has 1 aromatic rings. The van der Waals surface area contributed by atoms with Crippen molar-refractivity contribution in [1.29, 1.82) is 0 Å². The van der Waals surface area contributed by atoms with Crippen molar-refractivity contribution in [2.45, 2.75) is 39.4 Å². The number of hydrogen-bond acceptors (Lipinski definition) is 5. The zero-order valence-electron chi connectivity index (χ0n) is 10.5. The topological polar surface area (TPSA) is 66.8 Å². The van der Waals surface area contributed by atoms with Gasteiger partial charge in [0, 0.05) is 6.42 Å². The van der Waals surface area contributed by atoms with Crippen LogP contribution in [0.25, 0.3) is 0 Å². The lowest BCUT2D eigenvalue weighted by atomic mass is 10.2. The summed E-state index contributed by atoms with van der Waals surface area (Å²) in [7, 11) is 0. The molecule has 0 aliphatic rings. The molecule has 1 rings (SSSR count). The fraction of sp³-hybridized carbons (Fsp3) is 0.583. The van der Waals surface area contributed by atoms with E-state index >= 15 is 0 Å². The molecule has 0 aliphatic heterocycles. The van der Waals surface area contributed by atoms with Crippen molar-refractivity contribution in [3.63, 3.8) is 0 Å². The Morgan fingerprint density at radius 1 is 1.47 bits per heavy atom. The predicted octanol–water partition coefficient (Wildman–Crippen LogP) is 1.95. The predicted molar refractivity (Wildman–Crippen MR) is 67.8 cm³/mol. The number of hydrogen-bond donors (Lipinski definition) is 2. The van der Waals surface area contributed by atoms with E-state index < -0.39 is 5.79 Å². The van der Waals surface area contributed by atoms with Crippen molar-refractivity contribution >= 4 is 17.3 Å². The molecule has 2 N–H and O–H groups in total. The van der Waals surface area contributed by atoms with Gasteiger partial charge in [0.15, 0.2) is 5.79 Å². The molecule has 0 aromatic carbocycles. The minimum atomic E-state index is -1.50. The van der Waals surface area contributed by atoms with Gasteiger partial charge in [-0.05, 0) is 49.6 Å². The number of carbonyl (C=O) groups excluding carboxylic acids is 1. The summed E-state index contributed by atoms with van der Waals surface area (Å²) >= 11 is 1.65. The van der Waals surface area contributed by atoms with Gasteiger partial charge in [-0.3, -0.25) is 4.79 Å². The molecule has 4 nitrogen and oxygen atoms in total. The smallest absolute Gasteiger partial charge is 0.306 e. The minimum absolute atomic E-state index is 0.108. The summed E-state index contributed by atoms with van der Waals surface area (Å²) in [4.78, 5) is 10.9. The van der Waals surface area contributed by atoms with Gasteiger partial charge in [-0.1, -0.05) is 0 Å². The molecule has 1 aromatic heterocycles. The van der Waals surface area contributed by atoms with Gasteiger partial charge in [0.25, 0.3) is 0 Å². The molecule has 0 radical (unpaired) electrons. The van der Waals surface area contributed by atoms with E-state index in [1.807, 2.05) is 18.4 Å². The van der Waals surface area contributed by atoms with Crippen LogP contribution in [-0.2, 0) is 16.0 Å².